The van der Waals surface area contributed by atoms with Gasteiger partial charge in [0.1, 0.15) is 0 Å². The summed E-state index contributed by atoms with van der Waals surface area (Å²) in [5, 5.41) is 7.12. The van der Waals surface area contributed by atoms with Crippen molar-refractivity contribution in [2.75, 3.05) is 20.2 Å². The lowest BCUT2D eigenvalue weighted by molar-refractivity contribution is -0.125. The number of rotatable bonds is 6. The van der Waals surface area contributed by atoms with Crippen molar-refractivity contribution in [3.8, 4) is 0 Å². The Hall–Kier alpha value is -0.890. The molecule has 146 valence electrons. The maximum atomic E-state index is 6.00. The molecule has 2 fully saturated rings. The molecule has 0 saturated heterocycles. The van der Waals surface area contributed by atoms with Gasteiger partial charge < -0.3 is 15.4 Å². The zero-order valence-corrected chi connectivity index (χ0v) is 18.6. The van der Waals surface area contributed by atoms with Gasteiger partial charge in [-0.25, -0.2) is 0 Å². The standard InChI is InChI=1S/C20H32N4O.HI/c1-4-25-18-13-17(20(18)10-5-6-11-20)24-19(21-3)22-12-9-16-8-7-15(2)23-14-16;/h7-8,14,17-18H,4-6,9-13H2,1-3H3,(H2,21,22,24);1H. The molecule has 2 unspecified atom stereocenters. The van der Waals surface area contributed by atoms with Crippen LogP contribution in [0.2, 0.25) is 0 Å². The Morgan fingerprint density at radius 3 is 2.73 bits per heavy atom. The second-order valence-corrected chi connectivity index (χ2v) is 7.37. The molecule has 1 aromatic rings. The smallest absolute Gasteiger partial charge is 0.191 e. The van der Waals surface area contributed by atoms with E-state index in [9.17, 15) is 0 Å². The predicted octanol–water partition coefficient (Wildman–Crippen LogP) is 3.45. The van der Waals surface area contributed by atoms with E-state index in [1.165, 1.54) is 31.2 Å². The number of ether oxygens (including phenoxy) is 1. The quantitative estimate of drug-likeness (QED) is 0.379. The van der Waals surface area contributed by atoms with Crippen LogP contribution in [-0.4, -0.2) is 43.3 Å². The number of aliphatic imine (C=N–C) groups is 1. The number of nitrogens with zero attached hydrogens (tertiary/aromatic N) is 2. The van der Waals surface area contributed by atoms with Crippen LogP contribution in [0, 0.1) is 12.3 Å². The summed E-state index contributed by atoms with van der Waals surface area (Å²) in [6.07, 6.45) is 9.64. The molecule has 1 spiro atoms. The maximum Gasteiger partial charge on any atom is 0.191 e. The minimum atomic E-state index is 0. The second kappa shape index (κ2) is 9.88. The molecule has 3 rings (SSSR count). The Bertz CT molecular complexity index is 584. The third-order valence-electron chi connectivity index (χ3n) is 5.90. The summed E-state index contributed by atoms with van der Waals surface area (Å²) in [5.74, 6) is 0.909. The lowest BCUT2D eigenvalue weighted by atomic mass is 9.60. The molecule has 2 aliphatic carbocycles. The molecule has 0 amide bonds. The van der Waals surface area contributed by atoms with Gasteiger partial charge in [-0.1, -0.05) is 18.9 Å². The van der Waals surface area contributed by atoms with Crippen LogP contribution in [0.15, 0.2) is 23.3 Å². The largest absolute Gasteiger partial charge is 0.378 e. The molecule has 5 nitrogen and oxygen atoms in total. The van der Waals surface area contributed by atoms with E-state index in [0.717, 1.165) is 37.6 Å². The molecule has 1 aromatic heterocycles. The Morgan fingerprint density at radius 2 is 2.12 bits per heavy atom. The molecule has 6 heteroatoms. The summed E-state index contributed by atoms with van der Waals surface area (Å²) in [7, 11) is 1.85. The van der Waals surface area contributed by atoms with Crippen molar-refractivity contribution in [2.45, 2.75) is 64.5 Å². The highest BCUT2D eigenvalue weighted by Crippen LogP contribution is 2.54. The van der Waals surface area contributed by atoms with Gasteiger partial charge in [-0.3, -0.25) is 9.98 Å². The molecule has 0 aliphatic heterocycles. The van der Waals surface area contributed by atoms with E-state index >= 15 is 0 Å². The fourth-order valence-electron chi connectivity index (χ4n) is 4.42. The molecule has 0 radical (unpaired) electrons. The predicted molar refractivity (Wildman–Crippen MR) is 117 cm³/mol. The normalized spacial score (nSPS) is 24.0. The third-order valence-corrected chi connectivity index (χ3v) is 5.90. The van der Waals surface area contributed by atoms with Crippen molar-refractivity contribution in [1.82, 2.24) is 15.6 Å². The lowest BCUT2D eigenvalue weighted by Gasteiger charge is -2.54. The number of hydrogen-bond acceptors (Lipinski definition) is 3. The van der Waals surface area contributed by atoms with Gasteiger partial charge in [0.25, 0.3) is 0 Å². The van der Waals surface area contributed by atoms with E-state index in [2.05, 4.69) is 39.7 Å². The fourth-order valence-corrected chi connectivity index (χ4v) is 4.42. The molecule has 2 aliphatic rings. The van der Waals surface area contributed by atoms with Gasteiger partial charge in [0.15, 0.2) is 5.96 Å². The summed E-state index contributed by atoms with van der Waals surface area (Å²) >= 11 is 0. The number of hydrogen-bond donors (Lipinski definition) is 2. The number of halogens is 1. The fraction of sp³-hybridized carbons (Fsp3) is 0.700. The lowest BCUT2D eigenvalue weighted by Crippen LogP contribution is -2.65. The average Bonchev–Trinajstić information content (AvgIpc) is 3.14. The zero-order chi connectivity index (χ0) is 17.7. The van der Waals surface area contributed by atoms with Gasteiger partial charge in [-0.05, 0) is 51.2 Å². The highest BCUT2D eigenvalue weighted by atomic mass is 127. The Morgan fingerprint density at radius 1 is 1.35 bits per heavy atom. The molecule has 0 bridgehead atoms. The first-order valence-corrected chi connectivity index (χ1v) is 9.68. The van der Waals surface area contributed by atoms with Gasteiger partial charge in [0.05, 0.1) is 6.10 Å². The molecule has 26 heavy (non-hydrogen) atoms. The first-order valence-electron chi connectivity index (χ1n) is 9.68. The first kappa shape index (κ1) is 21.4. The van der Waals surface area contributed by atoms with Crippen LogP contribution >= 0.6 is 24.0 Å². The van der Waals surface area contributed by atoms with Crippen molar-refractivity contribution in [3.63, 3.8) is 0 Å². The van der Waals surface area contributed by atoms with Crippen molar-refractivity contribution < 1.29 is 4.74 Å². The monoisotopic (exact) mass is 472 g/mol. The van der Waals surface area contributed by atoms with Crippen LogP contribution in [0.5, 0.6) is 0 Å². The summed E-state index contributed by atoms with van der Waals surface area (Å²) in [6.45, 7) is 5.79. The highest BCUT2D eigenvalue weighted by Gasteiger charge is 2.56. The van der Waals surface area contributed by atoms with Gasteiger partial charge >= 0.3 is 0 Å². The van der Waals surface area contributed by atoms with Gasteiger partial charge in [-0.15, -0.1) is 24.0 Å². The van der Waals surface area contributed by atoms with Gasteiger partial charge in [0, 0.05) is 43.5 Å². The second-order valence-electron chi connectivity index (χ2n) is 7.37. The summed E-state index contributed by atoms with van der Waals surface area (Å²) < 4.78 is 6.00. The topological polar surface area (TPSA) is 58.5 Å². The van der Waals surface area contributed by atoms with Crippen molar-refractivity contribution in [1.29, 1.82) is 0 Å². The molecule has 1 heterocycles. The third kappa shape index (κ3) is 4.68. The summed E-state index contributed by atoms with van der Waals surface area (Å²) in [6, 6.07) is 4.69. The molecular formula is C20H33IN4O. The number of aryl methyl sites for hydroxylation is 1. The molecule has 0 aromatic carbocycles. The van der Waals surface area contributed by atoms with Crippen molar-refractivity contribution >= 4 is 29.9 Å². The van der Waals surface area contributed by atoms with Gasteiger partial charge in [0.2, 0.25) is 0 Å². The zero-order valence-electron chi connectivity index (χ0n) is 16.3. The maximum absolute atomic E-state index is 6.00. The Labute approximate surface area is 174 Å². The van der Waals surface area contributed by atoms with Crippen LogP contribution in [0.25, 0.3) is 0 Å². The van der Waals surface area contributed by atoms with Crippen LogP contribution in [0.4, 0.5) is 0 Å². The van der Waals surface area contributed by atoms with E-state index in [1.54, 1.807) is 0 Å². The highest BCUT2D eigenvalue weighted by molar-refractivity contribution is 14.0. The number of pyridine rings is 1. The first-order chi connectivity index (χ1) is 12.2. The van der Waals surface area contributed by atoms with E-state index in [4.69, 9.17) is 4.74 Å². The van der Waals surface area contributed by atoms with E-state index in [1.807, 2.05) is 20.2 Å². The van der Waals surface area contributed by atoms with Crippen LogP contribution in [-0.2, 0) is 11.2 Å². The average molecular weight is 472 g/mol. The van der Waals surface area contributed by atoms with E-state index in [0.29, 0.717) is 17.6 Å². The molecular weight excluding hydrogens is 439 g/mol. The number of nitrogens with one attached hydrogen (secondary N) is 2. The minimum Gasteiger partial charge on any atom is -0.378 e. The van der Waals surface area contributed by atoms with E-state index in [-0.39, 0.29) is 24.0 Å². The van der Waals surface area contributed by atoms with Crippen LogP contribution in [0.1, 0.15) is 50.3 Å². The Balaban J connectivity index is 0.00000243. The minimum absolute atomic E-state index is 0. The van der Waals surface area contributed by atoms with Crippen molar-refractivity contribution in [2.24, 2.45) is 10.4 Å². The molecule has 2 N–H and O–H groups in total. The van der Waals surface area contributed by atoms with Crippen molar-refractivity contribution in [3.05, 3.63) is 29.6 Å². The Kier molecular flexibility index (Phi) is 8.13. The number of guanidine groups is 1. The van der Waals surface area contributed by atoms with Gasteiger partial charge in [-0.2, -0.15) is 0 Å². The molecule has 2 saturated carbocycles. The van der Waals surface area contributed by atoms with E-state index < -0.39 is 0 Å². The van der Waals surface area contributed by atoms with Crippen LogP contribution in [0.3, 0.4) is 0 Å². The van der Waals surface area contributed by atoms with Crippen LogP contribution < -0.4 is 10.6 Å². The summed E-state index contributed by atoms with van der Waals surface area (Å²) in [4.78, 5) is 8.77. The SMILES string of the molecule is CCOC1CC(NC(=NC)NCCc2ccc(C)nc2)C12CCCC2.I. The summed E-state index contributed by atoms with van der Waals surface area (Å²) in [5.41, 5.74) is 2.64. The number of aromatic nitrogens is 1. The molecule has 2 atom stereocenters.